The smallest absolute Gasteiger partial charge is 0.306 e. The molecule has 0 amide bonds. The molecule has 0 saturated heterocycles. The fraction of sp³-hybridized carbons (Fsp3) is 0.440. The Labute approximate surface area is 169 Å². The van der Waals surface area contributed by atoms with Crippen molar-refractivity contribution in [2.75, 3.05) is 13.7 Å². The minimum Gasteiger partial charge on any atom is -0.466 e. The first-order valence-electron chi connectivity index (χ1n) is 10.4. The monoisotopic (exact) mass is 378 g/mol. The molecule has 3 rings (SSSR count). The molecule has 148 valence electrons. The van der Waals surface area contributed by atoms with Crippen molar-refractivity contribution in [3.05, 3.63) is 71.3 Å². The largest absolute Gasteiger partial charge is 0.466 e. The number of carbonyl (C=O) groups excluding carboxylic acids is 1. The molecule has 0 N–H and O–H groups in total. The maximum absolute atomic E-state index is 11.7. The molecule has 2 aromatic carbocycles. The van der Waals surface area contributed by atoms with Gasteiger partial charge in [0.2, 0.25) is 0 Å². The van der Waals surface area contributed by atoms with E-state index in [1.807, 2.05) is 6.92 Å². The Bertz CT molecular complexity index is 839. The van der Waals surface area contributed by atoms with E-state index in [0.29, 0.717) is 19.1 Å². The van der Waals surface area contributed by atoms with Crippen LogP contribution in [0.5, 0.6) is 0 Å². The minimum absolute atomic E-state index is 0.0795. The average Bonchev–Trinajstić information content (AvgIpc) is 2.99. The topological polar surface area (TPSA) is 29.3 Å². The van der Waals surface area contributed by atoms with Crippen LogP contribution in [0.2, 0.25) is 0 Å². The predicted molar refractivity (Wildman–Crippen MR) is 114 cm³/mol. The normalized spacial score (nSPS) is 21.8. The molecule has 0 fully saturated rings. The van der Waals surface area contributed by atoms with E-state index in [4.69, 9.17) is 4.74 Å². The summed E-state index contributed by atoms with van der Waals surface area (Å²) in [7, 11) is 2.22. The third kappa shape index (κ3) is 3.76. The maximum Gasteiger partial charge on any atom is 0.306 e. The van der Waals surface area contributed by atoms with Crippen LogP contribution in [0.3, 0.4) is 0 Å². The lowest BCUT2D eigenvalue weighted by Gasteiger charge is -2.29. The highest BCUT2D eigenvalue weighted by atomic mass is 16.5. The Morgan fingerprint density at radius 2 is 1.71 bits per heavy atom. The Kier molecular flexibility index (Phi) is 6.33. The summed E-state index contributed by atoms with van der Waals surface area (Å²) in [6.45, 7) is 6.86. The van der Waals surface area contributed by atoms with E-state index in [-0.39, 0.29) is 11.4 Å². The van der Waals surface area contributed by atoms with E-state index in [1.165, 1.54) is 22.4 Å². The lowest BCUT2D eigenvalue weighted by atomic mass is 9.68. The van der Waals surface area contributed by atoms with Crippen LogP contribution in [-0.4, -0.2) is 36.0 Å². The van der Waals surface area contributed by atoms with E-state index in [0.717, 1.165) is 19.3 Å². The molecule has 0 aromatic heterocycles. The van der Waals surface area contributed by atoms with Crippen LogP contribution >= 0.6 is 0 Å². The molecule has 3 heteroatoms. The number of ether oxygens (including phenoxy) is 1. The van der Waals surface area contributed by atoms with Gasteiger partial charge in [-0.15, -0.1) is 0 Å². The third-order valence-corrected chi connectivity index (χ3v) is 6.15. The second-order valence-corrected chi connectivity index (χ2v) is 7.74. The summed E-state index contributed by atoms with van der Waals surface area (Å²) in [6, 6.07) is 20.3. The SMILES string of the molecule is CCOC(=O)CCc1ccc(C2(c3ccccc3)CC(C)[N+](C)=C2CC)cc1. The molecule has 0 aliphatic carbocycles. The summed E-state index contributed by atoms with van der Waals surface area (Å²) >= 11 is 0. The van der Waals surface area contributed by atoms with Gasteiger partial charge in [0.1, 0.15) is 12.5 Å². The van der Waals surface area contributed by atoms with Gasteiger partial charge in [-0.25, -0.2) is 4.58 Å². The number of benzene rings is 2. The van der Waals surface area contributed by atoms with Gasteiger partial charge < -0.3 is 4.74 Å². The number of carbonyl (C=O) groups is 1. The van der Waals surface area contributed by atoms with Gasteiger partial charge in [0.05, 0.1) is 6.61 Å². The molecular formula is C25H32NO2+. The summed E-state index contributed by atoms with van der Waals surface area (Å²) in [4.78, 5) is 11.7. The van der Waals surface area contributed by atoms with Crippen molar-refractivity contribution in [3.8, 4) is 0 Å². The van der Waals surface area contributed by atoms with Crippen molar-refractivity contribution < 1.29 is 14.1 Å². The van der Waals surface area contributed by atoms with Gasteiger partial charge in [-0.2, -0.15) is 0 Å². The molecule has 0 spiro atoms. The molecule has 0 saturated carbocycles. The summed E-state index contributed by atoms with van der Waals surface area (Å²) < 4.78 is 7.51. The van der Waals surface area contributed by atoms with Crippen LogP contribution in [0.15, 0.2) is 54.6 Å². The van der Waals surface area contributed by atoms with Crippen LogP contribution in [0, 0.1) is 0 Å². The van der Waals surface area contributed by atoms with Gasteiger partial charge in [-0.3, -0.25) is 4.79 Å². The zero-order valence-corrected chi connectivity index (χ0v) is 17.6. The van der Waals surface area contributed by atoms with Crippen LogP contribution in [-0.2, 0) is 21.4 Å². The third-order valence-electron chi connectivity index (χ3n) is 6.15. The van der Waals surface area contributed by atoms with Gasteiger partial charge in [0, 0.05) is 19.3 Å². The van der Waals surface area contributed by atoms with E-state index >= 15 is 0 Å². The lowest BCUT2D eigenvalue weighted by molar-refractivity contribution is -0.526. The van der Waals surface area contributed by atoms with Gasteiger partial charge in [0.25, 0.3) is 0 Å². The van der Waals surface area contributed by atoms with Gasteiger partial charge in [-0.05, 0) is 37.0 Å². The maximum atomic E-state index is 11.7. The van der Waals surface area contributed by atoms with E-state index in [1.54, 1.807) is 0 Å². The number of hydrogen-bond acceptors (Lipinski definition) is 2. The Morgan fingerprint density at radius 3 is 2.32 bits per heavy atom. The zero-order chi connectivity index (χ0) is 20.1. The minimum atomic E-state index is -0.125. The van der Waals surface area contributed by atoms with Crippen molar-refractivity contribution in [1.82, 2.24) is 0 Å². The standard InChI is InChI=1S/C25H32NO2/c1-5-23-25(18-19(3)26(23)4,21-10-8-7-9-11-21)22-15-12-20(13-16-22)14-17-24(27)28-6-2/h7-13,15-16,19H,5-6,14,17-18H2,1-4H3/q+1. The van der Waals surface area contributed by atoms with Crippen LogP contribution in [0.4, 0.5) is 0 Å². The molecule has 3 nitrogen and oxygen atoms in total. The van der Waals surface area contributed by atoms with Crippen molar-refractivity contribution in [1.29, 1.82) is 0 Å². The highest BCUT2D eigenvalue weighted by molar-refractivity contribution is 5.95. The average molecular weight is 379 g/mol. The van der Waals surface area contributed by atoms with Gasteiger partial charge in [0.15, 0.2) is 11.8 Å². The van der Waals surface area contributed by atoms with Crippen molar-refractivity contribution >= 4 is 11.7 Å². The molecule has 0 radical (unpaired) electrons. The Hall–Kier alpha value is -2.42. The fourth-order valence-corrected chi connectivity index (χ4v) is 4.71. The van der Waals surface area contributed by atoms with E-state index in [2.05, 4.69) is 80.1 Å². The predicted octanol–water partition coefficient (Wildman–Crippen LogP) is 4.75. The first-order valence-corrected chi connectivity index (χ1v) is 10.4. The molecule has 1 aliphatic rings. The first kappa shape index (κ1) is 20.3. The highest BCUT2D eigenvalue weighted by Gasteiger charge is 2.51. The van der Waals surface area contributed by atoms with Crippen molar-refractivity contribution in [2.45, 2.75) is 57.9 Å². The number of hydrogen-bond donors (Lipinski definition) is 0. The summed E-state index contributed by atoms with van der Waals surface area (Å²) in [5, 5.41) is 0. The van der Waals surface area contributed by atoms with Gasteiger partial charge >= 0.3 is 5.97 Å². The number of aryl methyl sites for hydroxylation is 1. The van der Waals surface area contributed by atoms with Crippen LogP contribution in [0.1, 0.15) is 56.7 Å². The summed E-state index contributed by atoms with van der Waals surface area (Å²) in [5.74, 6) is -0.125. The molecular weight excluding hydrogens is 346 g/mol. The molecule has 0 bridgehead atoms. The molecule has 1 aliphatic heterocycles. The zero-order valence-electron chi connectivity index (χ0n) is 17.6. The molecule has 28 heavy (non-hydrogen) atoms. The summed E-state index contributed by atoms with van der Waals surface area (Å²) in [5.41, 5.74) is 5.28. The van der Waals surface area contributed by atoms with E-state index in [9.17, 15) is 4.79 Å². The van der Waals surface area contributed by atoms with Gasteiger partial charge in [-0.1, -0.05) is 61.5 Å². The fourth-order valence-electron chi connectivity index (χ4n) is 4.71. The van der Waals surface area contributed by atoms with Crippen molar-refractivity contribution in [3.63, 3.8) is 0 Å². The quantitative estimate of drug-likeness (QED) is 0.514. The molecule has 1 heterocycles. The van der Waals surface area contributed by atoms with Crippen LogP contribution in [0.25, 0.3) is 0 Å². The van der Waals surface area contributed by atoms with Crippen LogP contribution < -0.4 is 0 Å². The van der Waals surface area contributed by atoms with Crippen molar-refractivity contribution in [2.24, 2.45) is 0 Å². The van der Waals surface area contributed by atoms with E-state index < -0.39 is 0 Å². The number of nitrogens with zero attached hydrogens (tertiary/aromatic N) is 1. The molecule has 2 unspecified atom stereocenters. The molecule has 2 atom stereocenters. The highest BCUT2D eigenvalue weighted by Crippen LogP contribution is 2.43. The second kappa shape index (κ2) is 8.72. The Morgan fingerprint density at radius 1 is 1.07 bits per heavy atom. The lowest BCUT2D eigenvalue weighted by Crippen LogP contribution is -2.35. The first-order chi connectivity index (χ1) is 13.5. The Balaban J connectivity index is 1.96. The summed E-state index contributed by atoms with van der Waals surface area (Å²) in [6.07, 6.45) is 3.26. The molecule has 2 aromatic rings. The number of esters is 1. The number of rotatable bonds is 7. The second-order valence-electron chi connectivity index (χ2n) is 7.74.